The number of ether oxygens (including phenoxy) is 3. The Morgan fingerprint density at radius 3 is 2.51 bits per heavy atom. The molecular weight excluding hydrogens is 518 g/mol. The van der Waals surface area contributed by atoms with Crippen LogP contribution < -0.4 is 11.2 Å². The molecule has 3 rings (SSSR count). The van der Waals surface area contributed by atoms with Gasteiger partial charge in [-0.25, -0.2) is 13.9 Å². The van der Waals surface area contributed by atoms with Crippen molar-refractivity contribution < 1.29 is 56.7 Å². The lowest BCUT2D eigenvalue weighted by Gasteiger charge is -2.37. The molecule has 5 N–H and O–H groups in total. The first-order valence-corrected chi connectivity index (χ1v) is 13.4. The number of hydrogen-bond donors (Lipinski definition) is 5. The van der Waals surface area contributed by atoms with Crippen LogP contribution >= 0.6 is 15.6 Å². The highest BCUT2D eigenvalue weighted by Gasteiger charge is 2.45. The Kier molecular flexibility index (Phi) is 8.90. The smallest absolute Gasteiger partial charge is 0.390 e. The van der Waals surface area contributed by atoms with Gasteiger partial charge in [-0.3, -0.25) is 23.4 Å². The Hall–Kier alpha value is -1.26. The molecule has 0 spiro atoms. The molecule has 0 aromatic carbocycles. The number of aromatic amines is 1. The van der Waals surface area contributed by atoms with Gasteiger partial charge >= 0.3 is 21.3 Å². The van der Waals surface area contributed by atoms with Crippen LogP contribution in [0.15, 0.2) is 15.8 Å². The summed E-state index contributed by atoms with van der Waals surface area (Å²) in [5, 5.41) is 20.3. The Labute approximate surface area is 198 Å². The van der Waals surface area contributed by atoms with E-state index in [4.69, 9.17) is 18.7 Å². The molecule has 2 aliphatic heterocycles. The molecule has 0 bridgehead atoms. The van der Waals surface area contributed by atoms with Gasteiger partial charge in [-0.05, 0) is 13.8 Å². The third-order valence-electron chi connectivity index (χ3n) is 5.40. The molecule has 2 fully saturated rings. The monoisotopic (exact) mass is 546 g/mol. The third kappa shape index (κ3) is 7.16. The van der Waals surface area contributed by atoms with Crippen LogP contribution in [0.4, 0.5) is 0 Å². The molecule has 9 atom stereocenters. The number of aryl methyl sites for hydroxylation is 1. The predicted octanol–water partition coefficient (Wildman–Crippen LogP) is -0.745. The van der Waals surface area contributed by atoms with Crippen molar-refractivity contribution in [2.24, 2.45) is 0 Å². The standard InChI is InChI=1S/C17H28N2O14P2/c1-8-6-19(17(23)18-15(8)22)13-5-10(20)12(31-13)7-29-34(24,25)33-35(26,27)32-16-14(21)11(28-3)4-9(2)30-16/h6,9-14,16,20-21H,4-5,7H2,1-3H3,(H,24,25)(H,26,27)(H,18,22,23)/t9-,10+,11+,12-,13-,14-,16-/m1/s1. The number of nitrogens with one attached hydrogen (secondary N) is 1. The van der Waals surface area contributed by atoms with Gasteiger partial charge in [0.25, 0.3) is 5.56 Å². The van der Waals surface area contributed by atoms with Gasteiger partial charge in [-0.15, -0.1) is 0 Å². The highest BCUT2D eigenvalue weighted by molar-refractivity contribution is 7.61. The van der Waals surface area contributed by atoms with Gasteiger partial charge in [0.1, 0.15) is 18.4 Å². The quantitative estimate of drug-likeness (QED) is 0.240. The zero-order valence-electron chi connectivity index (χ0n) is 19.0. The summed E-state index contributed by atoms with van der Waals surface area (Å²) in [6.07, 6.45) is -6.61. The minimum atomic E-state index is -5.30. The van der Waals surface area contributed by atoms with Crippen molar-refractivity contribution >= 4 is 15.6 Å². The number of aliphatic hydroxyl groups excluding tert-OH is 2. The van der Waals surface area contributed by atoms with Crippen molar-refractivity contribution in [3.05, 3.63) is 32.6 Å². The van der Waals surface area contributed by atoms with Crippen LogP contribution in [-0.2, 0) is 36.7 Å². The zero-order chi connectivity index (χ0) is 26.1. The Morgan fingerprint density at radius 1 is 1.17 bits per heavy atom. The second-order valence-electron chi connectivity index (χ2n) is 8.15. The number of methoxy groups -OCH3 is 1. The second kappa shape index (κ2) is 11.0. The molecular formula is C17H28N2O14P2. The molecule has 2 unspecified atom stereocenters. The Bertz CT molecular complexity index is 1110. The maximum absolute atomic E-state index is 12.3. The first-order chi connectivity index (χ1) is 16.2. The van der Waals surface area contributed by atoms with Crippen LogP contribution in [0, 0.1) is 6.92 Å². The van der Waals surface area contributed by atoms with E-state index < -0.39 is 76.5 Å². The number of aliphatic hydroxyl groups is 2. The largest absolute Gasteiger partial charge is 0.483 e. The number of aromatic nitrogens is 2. The SMILES string of the molecule is CO[C@H]1C[C@@H](C)O[C@H](OP(=O)(O)OP(=O)(O)OC[C@H]2O[C@@H](n3cc(C)c(=O)[nH]c3=O)C[C@@H]2O)[C@@H]1O. The lowest BCUT2D eigenvalue weighted by molar-refractivity contribution is -0.240. The van der Waals surface area contributed by atoms with E-state index in [-0.39, 0.29) is 18.4 Å². The summed E-state index contributed by atoms with van der Waals surface area (Å²) in [5.41, 5.74) is -1.16. The van der Waals surface area contributed by atoms with Crippen molar-refractivity contribution in [2.45, 2.75) is 69.7 Å². The Morgan fingerprint density at radius 2 is 1.86 bits per heavy atom. The van der Waals surface area contributed by atoms with Gasteiger partial charge in [0, 0.05) is 31.7 Å². The minimum absolute atomic E-state index is 0.118. The molecule has 0 amide bonds. The number of nitrogens with zero attached hydrogens (tertiary/aromatic N) is 1. The van der Waals surface area contributed by atoms with E-state index in [1.54, 1.807) is 6.92 Å². The lowest BCUT2D eigenvalue weighted by Crippen LogP contribution is -2.49. The van der Waals surface area contributed by atoms with Crippen LogP contribution in [0.25, 0.3) is 0 Å². The topological polar surface area (TPSA) is 225 Å². The molecule has 2 aliphatic rings. The average Bonchev–Trinajstić information content (AvgIpc) is 3.11. The van der Waals surface area contributed by atoms with E-state index in [1.807, 2.05) is 0 Å². The number of phosphoric ester groups is 2. The lowest BCUT2D eigenvalue weighted by atomic mass is 10.0. The van der Waals surface area contributed by atoms with Crippen molar-refractivity contribution in [1.82, 2.24) is 9.55 Å². The van der Waals surface area contributed by atoms with E-state index in [0.29, 0.717) is 0 Å². The summed E-state index contributed by atoms with van der Waals surface area (Å²) < 4.78 is 54.9. The molecule has 1 aromatic heterocycles. The molecule has 35 heavy (non-hydrogen) atoms. The number of H-pyrrole nitrogens is 1. The maximum atomic E-state index is 12.3. The summed E-state index contributed by atoms with van der Waals surface area (Å²) in [6, 6.07) is 0. The molecule has 0 aliphatic carbocycles. The molecule has 0 saturated carbocycles. The van der Waals surface area contributed by atoms with E-state index >= 15 is 0 Å². The van der Waals surface area contributed by atoms with Gasteiger partial charge in [0.05, 0.1) is 24.9 Å². The summed E-state index contributed by atoms with van der Waals surface area (Å²) in [6.45, 7) is 2.29. The summed E-state index contributed by atoms with van der Waals surface area (Å²) in [4.78, 5) is 45.4. The highest BCUT2D eigenvalue weighted by Crippen LogP contribution is 2.61. The molecule has 16 nitrogen and oxygen atoms in total. The Balaban J connectivity index is 1.59. The average molecular weight is 546 g/mol. The van der Waals surface area contributed by atoms with E-state index in [9.17, 15) is 38.7 Å². The van der Waals surface area contributed by atoms with Gasteiger partial charge in [-0.1, -0.05) is 0 Å². The van der Waals surface area contributed by atoms with Gasteiger partial charge in [-0.2, -0.15) is 4.31 Å². The van der Waals surface area contributed by atoms with Crippen LogP contribution in [0.2, 0.25) is 0 Å². The second-order valence-corrected chi connectivity index (χ2v) is 11.1. The summed E-state index contributed by atoms with van der Waals surface area (Å²) in [7, 11) is -9.23. The van der Waals surface area contributed by atoms with E-state index in [2.05, 4.69) is 13.8 Å². The van der Waals surface area contributed by atoms with Crippen LogP contribution in [0.1, 0.15) is 31.6 Å². The summed E-state index contributed by atoms with van der Waals surface area (Å²) in [5.74, 6) is 0. The van der Waals surface area contributed by atoms with E-state index in [1.165, 1.54) is 20.2 Å². The fourth-order valence-corrected chi connectivity index (χ4v) is 5.80. The number of rotatable bonds is 9. The van der Waals surface area contributed by atoms with E-state index in [0.717, 1.165) is 4.57 Å². The molecule has 200 valence electrons. The first-order valence-electron chi connectivity index (χ1n) is 10.4. The molecule has 2 saturated heterocycles. The zero-order valence-corrected chi connectivity index (χ0v) is 20.7. The van der Waals surface area contributed by atoms with Crippen molar-refractivity contribution in [1.29, 1.82) is 0 Å². The van der Waals surface area contributed by atoms with Crippen molar-refractivity contribution in [3.63, 3.8) is 0 Å². The molecule has 1 aromatic rings. The van der Waals surface area contributed by atoms with Crippen molar-refractivity contribution in [2.75, 3.05) is 13.7 Å². The van der Waals surface area contributed by atoms with Gasteiger partial charge < -0.3 is 34.2 Å². The third-order valence-corrected chi connectivity index (χ3v) is 8.00. The highest BCUT2D eigenvalue weighted by atomic mass is 31.3. The van der Waals surface area contributed by atoms with Crippen LogP contribution in [0.3, 0.4) is 0 Å². The first kappa shape index (κ1) is 28.3. The normalized spacial score (nSPS) is 34.9. The molecule has 18 heteroatoms. The fraction of sp³-hybridized carbons (Fsp3) is 0.765. The minimum Gasteiger partial charge on any atom is -0.390 e. The van der Waals surface area contributed by atoms with Gasteiger partial charge in [0.15, 0.2) is 6.29 Å². The molecule has 0 radical (unpaired) electrons. The maximum Gasteiger partial charge on any atom is 0.483 e. The predicted molar refractivity (Wildman–Crippen MR) is 114 cm³/mol. The number of phosphoric acid groups is 2. The fourth-order valence-electron chi connectivity index (χ4n) is 3.64. The number of hydrogen-bond acceptors (Lipinski definition) is 12. The van der Waals surface area contributed by atoms with Crippen molar-refractivity contribution in [3.8, 4) is 0 Å². The van der Waals surface area contributed by atoms with Crippen LogP contribution in [0.5, 0.6) is 0 Å². The van der Waals surface area contributed by atoms with Crippen LogP contribution in [-0.4, -0.2) is 80.1 Å². The molecule has 3 heterocycles. The summed E-state index contributed by atoms with van der Waals surface area (Å²) >= 11 is 0. The van der Waals surface area contributed by atoms with Gasteiger partial charge in [0.2, 0.25) is 0 Å².